The molecule has 0 bridgehead atoms. The van der Waals surface area contributed by atoms with Crippen molar-refractivity contribution in [2.24, 2.45) is 0 Å². The molecule has 0 aromatic heterocycles. The van der Waals surface area contributed by atoms with Crippen molar-refractivity contribution in [3.05, 3.63) is 41.1 Å². The minimum Gasteiger partial charge on any atom is -0.496 e. The van der Waals surface area contributed by atoms with Crippen LogP contribution < -0.4 is 15.4 Å². The minimum absolute atomic E-state index is 0.00532. The van der Waals surface area contributed by atoms with Crippen LogP contribution in [0.25, 0.3) is 0 Å². The Morgan fingerprint density at radius 2 is 2.00 bits per heavy atom. The average molecular weight is 402 g/mol. The van der Waals surface area contributed by atoms with Crippen molar-refractivity contribution in [1.82, 2.24) is 15.5 Å². The van der Waals surface area contributed by atoms with Crippen molar-refractivity contribution in [3.63, 3.8) is 0 Å². The number of methoxy groups -OCH3 is 1. The molecule has 3 unspecified atom stereocenters. The molecule has 3 atom stereocenters. The molecule has 1 fully saturated rings. The number of carbonyl (C=O) groups excluding carboxylic acids is 2. The number of allylic oxidation sites excluding steroid dienone is 1. The topological polar surface area (TPSA) is 90.9 Å². The van der Waals surface area contributed by atoms with E-state index in [9.17, 15) is 14.7 Å². The SMILES string of the molecule is COc1ccccc1C1C(C(=O)NCCO)=C(C)NC2CCCCC2N1C(C)=O. The van der Waals surface area contributed by atoms with Crippen molar-refractivity contribution in [3.8, 4) is 5.75 Å². The van der Waals surface area contributed by atoms with Crippen LogP contribution in [0.3, 0.4) is 0 Å². The number of nitrogens with one attached hydrogen (secondary N) is 2. The number of carbonyl (C=O) groups is 2. The Morgan fingerprint density at radius 3 is 2.69 bits per heavy atom. The molecule has 1 heterocycles. The molecule has 1 aliphatic heterocycles. The van der Waals surface area contributed by atoms with Crippen molar-refractivity contribution in [1.29, 1.82) is 0 Å². The number of benzene rings is 1. The fourth-order valence-corrected chi connectivity index (χ4v) is 4.68. The van der Waals surface area contributed by atoms with Gasteiger partial charge in [0.05, 0.1) is 31.4 Å². The van der Waals surface area contributed by atoms with Crippen molar-refractivity contribution < 1.29 is 19.4 Å². The van der Waals surface area contributed by atoms with E-state index in [-0.39, 0.29) is 37.0 Å². The van der Waals surface area contributed by atoms with Gasteiger partial charge in [0.25, 0.3) is 5.91 Å². The van der Waals surface area contributed by atoms with Gasteiger partial charge in [0, 0.05) is 30.8 Å². The van der Waals surface area contributed by atoms with Gasteiger partial charge in [-0.3, -0.25) is 9.59 Å². The van der Waals surface area contributed by atoms with Gasteiger partial charge in [-0.15, -0.1) is 0 Å². The molecule has 7 nitrogen and oxygen atoms in total. The summed E-state index contributed by atoms with van der Waals surface area (Å²) in [5, 5.41) is 15.5. The number of fused-ring (bicyclic) bond motifs is 1. The maximum atomic E-state index is 13.2. The van der Waals surface area contributed by atoms with Gasteiger partial charge in [-0.1, -0.05) is 31.0 Å². The molecule has 2 aliphatic rings. The summed E-state index contributed by atoms with van der Waals surface area (Å²) < 4.78 is 5.60. The lowest BCUT2D eigenvalue weighted by molar-refractivity contribution is -0.134. The summed E-state index contributed by atoms with van der Waals surface area (Å²) in [6.07, 6.45) is 3.99. The zero-order chi connectivity index (χ0) is 21.0. The Kier molecular flexibility index (Phi) is 6.79. The largest absolute Gasteiger partial charge is 0.496 e. The van der Waals surface area contributed by atoms with Gasteiger partial charge >= 0.3 is 0 Å². The Bertz CT molecular complexity index is 792. The lowest BCUT2D eigenvalue weighted by atomic mass is 9.87. The summed E-state index contributed by atoms with van der Waals surface area (Å²) in [7, 11) is 1.59. The van der Waals surface area contributed by atoms with Crippen molar-refractivity contribution in [2.45, 2.75) is 57.7 Å². The molecule has 2 amide bonds. The van der Waals surface area contributed by atoms with Crippen LogP contribution in [0.2, 0.25) is 0 Å². The van der Waals surface area contributed by atoms with Gasteiger partial charge < -0.3 is 25.4 Å². The minimum atomic E-state index is -0.567. The predicted molar refractivity (Wildman–Crippen MR) is 110 cm³/mol. The third kappa shape index (κ3) is 4.24. The molecule has 1 aromatic carbocycles. The van der Waals surface area contributed by atoms with E-state index >= 15 is 0 Å². The lowest BCUT2D eigenvalue weighted by Crippen LogP contribution is -2.52. The third-order valence-electron chi connectivity index (χ3n) is 5.88. The quantitative estimate of drug-likeness (QED) is 0.701. The summed E-state index contributed by atoms with van der Waals surface area (Å²) in [5.74, 6) is 0.282. The van der Waals surface area contributed by atoms with Crippen LogP contribution >= 0.6 is 0 Å². The van der Waals surface area contributed by atoms with E-state index in [4.69, 9.17) is 4.74 Å². The van der Waals surface area contributed by atoms with Gasteiger partial charge in [-0.25, -0.2) is 0 Å². The van der Waals surface area contributed by atoms with Crippen LogP contribution in [-0.2, 0) is 9.59 Å². The molecule has 158 valence electrons. The fourth-order valence-electron chi connectivity index (χ4n) is 4.68. The monoisotopic (exact) mass is 401 g/mol. The normalized spacial score (nSPS) is 24.3. The number of rotatable bonds is 5. The molecule has 0 radical (unpaired) electrons. The number of hydrogen-bond donors (Lipinski definition) is 3. The predicted octanol–water partition coefficient (Wildman–Crippen LogP) is 1.88. The van der Waals surface area contributed by atoms with Crippen LogP contribution in [0.1, 0.15) is 51.1 Å². The fraction of sp³-hybridized carbons (Fsp3) is 0.545. The Labute approximate surface area is 172 Å². The van der Waals surface area contributed by atoms with Gasteiger partial charge in [0.15, 0.2) is 0 Å². The summed E-state index contributed by atoms with van der Waals surface area (Å²) in [4.78, 5) is 28.0. The van der Waals surface area contributed by atoms with Gasteiger partial charge in [0.1, 0.15) is 5.75 Å². The Hall–Kier alpha value is -2.54. The maximum absolute atomic E-state index is 13.2. The smallest absolute Gasteiger partial charge is 0.251 e. The lowest BCUT2D eigenvalue weighted by Gasteiger charge is -2.42. The molecule has 1 saturated carbocycles. The molecule has 0 saturated heterocycles. The van der Waals surface area contributed by atoms with Crippen LogP contribution in [-0.4, -0.2) is 54.2 Å². The zero-order valence-electron chi connectivity index (χ0n) is 17.4. The second kappa shape index (κ2) is 9.31. The number of nitrogens with zero attached hydrogens (tertiary/aromatic N) is 1. The van der Waals surface area contributed by atoms with Crippen LogP contribution in [0.4, 0.5) is 0 Å². The van der Waals surface area contributed by atoms with E-state index in [2.05, 4.69) is 10.6 Å². The summed E-state index contributed by atoms with van der Waals surface area (Å²) in [6, 6.07) is 7.06. The second-order valence-corrected chi connectivity index (χ2v) is 7.69. The number of para-hydroxylation sites is 1. The van der Waals surface area contributed by atoms with E-state index in [1.54, 1.807) is 14.0 Å². The van der Waals surface area contributed by atoms with Gasteiger partial charge in [-0.2, -0.15) is 0 Å². The first-order valence-corrected chi connectivity index (χ1v) is 10.3. The standard InChI is InChI=1S/C22H31N3O4/c1-14-20(22(28)23-12-13-26)21(16-8-4-7-11-19(16)29-3)25(15(2)27)18-10-6-5-9-17(18)24-14/h4,7-8,11,17-18,21,24,26H,5-6,9-10,12-13H2,1-3H3,(H,23,28). The summed E-state index contributed by atoms with van der Waals surface area (Å²) in [6.45, 7) is 3.47. The highest BCUT2D eigenvalue weighted by atomic mass is 16.5. The molecule has 3 N–H and O–H groups in total. The number of aliphatic hydroxyl groups is 1. The zero-order valence-corrected chi connectivity index (χ0v) is 17.4. The Balaban J connectivity index is 2.20. The highest BCUT2D eigenvalue weighted by Gasteiger charge is 2.43. The van der Waals surface area contributed by atoms with E-state index in [0.717, 1.165) is 36.9 Å². The third-order valence-corrected chi connectivity index (χ3v) is 5.88. The molecule has 7 heteroatoms. The molecule has 29 heavy (non-hydrogen) atoms. The van der Waals surface area contributed by atoms with Crippen LogP contribution in [0.15, 0.2) is 35.5 Å². The second-order valence-electron chi connectivity index (χ2n) is 7.69. The average Bonchev–Trinajstić information content (AvgIpc) is 2.85. The number of ether oxygens (including phenoxy) is 1. The van der Waals surface area contributed by atoms with Crippen LogP contribution in [0, 0.1) is 0 Å². The first kappa shape index (κ1) is 21.2. The Morgan fingerprint density at radius 1 is 1.28 bits per heavy atom. The molecular weight excluding hydrogens is 370 g/mol. The van der Waals surface area contributed by atoms with E-state index in [0.29, 0.717) is 11.3 Å². The highest BCUT2D eigenvalue weighted by Crippen LogP contribution is 2.42. The number of hydrogen-bond acceptors (Lipinski definition) is 5. The van der Waals surface area contributed by atoms with Crippen LogP contribution in [0.5, 0.6) is 5.75 Å². The first-order valence-electron chi connectivity index (χ1n) is 10.3. The number of aliphatic hydroxyl groups excluding tert-OH is 1. The van der Waals surface area contributed by atoms with Crippen molar-refractivity contribution >= 4 is 11.8 Å². The highest BCUT2D eigenvalue weighted by molar-refractivity contribution is 5.96. The van der Waals surface area contributed by atoms with E-state index in [1.807, 2.05) is 36.1 Å². The molecule has 0 spiro atoms. The van der Waals surface area contributed by atoms with Crippen molar-refractivity contribution in [2.75, 3.05) is 20.3 Å². The molecule has 3 rings (SSSR count). The molecule has 1 aliphatic carbocycles. The van der Waals surface area contributed by atoms with E-state index < -0.39 is 6.04 Å². The summed E-state index contributed by atoms with van der Waals surface area (Å²) in [5.41, 5.74) is 2.04. The molecular formula is C22H31N3O4. The van der Waals surface area contributed by atoms with Gasteiger partial charge in [-0.05, 0) is 25.8 Å². The number of amides is 2. The van der Waals surface area contributed by atoms with E-state index in [1.165, 1.54) is 0 Å². The molecule has 1 aromatic rings. The summed E-state index contributed by atoms with van der Waals surface area (Å²) >= 11 is 0. The maximum Gasteiger partial charge on any atom is 0.251 e. The van der Waals surface area contributed by atoms with Gasteiger partial charge in [0.2, 0.25) is 5.91 Å². The first-order chi connectivity index (χ1) is 14.0.